The van der Waals surface area contributed by atoms with E-state index in [1.807, 2.05) is 6.92 Å². The maximum absolute atomic E-state index is 9.47. The molecule has 0 aliphatic heterocycles. The van der Waals surface area contributed by atoms with Gasteiger partial charge in [0, 0.05) is 6.07 Å². The molecule has 4 heteroatoms. The Hall–Kier alpha value is -1.26. The van der Waals surface area contributed by atoms with E-state index < -0.39 is 12.1 Å². The molecule has 0 saturated heterocycles. The van der Waals surface area contributed by atoms with Gasteiger partial charge in [-0.3, -0.25) is 0 Å². The molecule has 0 unspecified atom stereocenters. The first-order valence-electron chi connectivity index (χ1n) is 4.51. The van der Waals surface area contributed by atoms with Gasteiger partial charge in [-0.1, -0.05) is 6.92 Å². The zero-order valence-electron chi connectivity index (χ0n) is 8.01. The summed E-state index contributed by atoms with van der Waals surface area (Å²) in [6.45, 7) is 1.81. The van der Waals surface area contributed by atoms with E-state index in [1.165, 1.54) is 18.2 Å². The second-order valence-corrected chi connectivity index (χ2v) is 3.28. The molecule has 0 aliphatic carbocycles. The van der Waals surface area contributed by atoms with E-state index in [4.69, 9.17) is 5.73 Å². The molecule has 0 amide bonds. The lowest BCUT2D eigenvalue weighted by Crippen LogP contribution is -2.25. The summed E-state index contributed by atoms with van der Waals surface area (Å²) < 4.78 is 0. The van der Waals surface area contributed by atoms with Crippen LogP contribution in [0, 0.1) is 0 Å². The molecule has 1 aromatic carbocycles. The lowest BCUT2D eigenvalue weighted by Gasteiger charge is -2.17. The highest BCUT2D eigenvalue weighted by atomic mass is 16.3. The predicted octanol–water partition coefficient (Wildman–Crippen LogP) is 0.868. The van der Waals surface area contributed by atoms with Gasteiger partial charge in [0.25, 0.3) is 0 Å². The Labute approximate surface area is 82.6 Å². The van der Waals surface area contributed by atoms with Gasteiger partial charge in [0.15, 0.2) is 0 Å². The van der Waals surface area contributed by atoms with Crippen molar-refractivity contribution in [3.05, 3.63) is 23.8 Å². The molecule has 5 N–H and O–H groups in total. The van der Waals surface area contributed by atoms with Gasteiger partial charge < -0.3 is 21.1 Å². The fourth-order valence-electron chi connectivity index (χ4n) is 1.29. The first kappa shape index (κ1) is 10.8. The van der Waals surface area contributed by atoms with Crippen LogP contribution in [0.4, 0.5) is 0 Å². The Kier molecular flexibility index (Phi) is 3.33. The van der Waals surface area contributed by atoms with E-state index in [-0.39, 0.29) is 11.5 Å². The van der Waals surface area contributed by atoms with Crippen LogP contribution in [0.1, 0.15) is 24.9 Å². The average molecular weight is 197 g/mol. The largest absolute Gasteiger partial charge is 0.508 e. The highest BCUT2D eigenvalue weighted by Crippen LogP contribution is 2.25. The summed E-state index contributed by atoms with van der Waals surface area (Å²) >= 11 is 0. The smallest absolute Gasteiger partial charge is 0.119 e. The summed E-state index contributed by atoms with van der Waals surface area (Å²) in [4.78, 5) is 0. The van der Waals surface area contributed by atoms with Crippen molar-refractivity contribution in [1.29, 1.82) is 0 Å². The van der Waals surface area contributed by atoms with E-state index in [0.29, 0.717) is 12.0 Å². The molecule has 0 bridgehead atoms. The van der Waals surface area contributed by atoms with Crippen molar-refractivity contribution in [1.82, 2.24) is 0 Å². The number of benzene rings is 1. The second-order valence-electron chi connectivity index (χ2n) is 3.28. The van der Waals surface area contributed by atoms with Crippen molar-refractivity contribution in [2.75, 3.05) is 0 Å². The molecular weight excluding hydrogens is 182 g/mol. The standard InChI is InChI=1S/C10H15NO3/c1-2-9(14)10(11)6-3-7(12)5-8(13)4-6/h3-5,9-10,12-14H,2,11H2,1H3/t9-,10+/m1/s1. The number of aliphatic hydroxyl groups excluding tert-OH is 1. The fraction of sp³-hybridized carbons (Fsp3) is 0.400. The van der Waals surface area contributed by atoms with Crippen molar-refractivity contribution < 1.29 is 15.3 Å². The summed E-state index contributed by atoms with van der Waals surface area (Å²) in [6.07, 6.45) is -0.145. The van der Waals surface area contributed by atoms with E-state index in [1.54, 1.807) is 0 Å². The number of hydrogen-bond acceptors (Lipinski definition) is 4. The van der Waals surface area contributed by atoms with Crippen LogP contribution in [0.5, 0.6) is 11.5 Å². The molecule has 1 rings (SSSR count). The van der Waals surface area contributed by atoms with Gasteiger partial charge in [-0.2, -0.15) is 0 Å². The fourth-order valence-corrected chi connectivity index (χ4v) is 1.29. The lowest BCUT2D eigenvalue weighted by molar-refractivity contribution is 0.140. The van der Waals surface area contributed by atoms with Gasteiger partial charge >= 0.3 is 0 Å². The van der Waals surface area contributed by atoms with Crippen molar-refractivity contribution in [3.8, 4) is 11.5 Å². The van der Waals surface area contributed by atoms with Crippen LogP contribution in [0.15, 0.2) is 18.2 Å². The Bertz CT molecular complexity index is 294. The number of phenols is 2. The summed E-state index contributed by atoms with van der Waals surface area (Å²) in [5.74, 6) is -0.113. The van der Waals surface area contributed by atoms with Gasteiger partial charge in [0.2, 0.25) is 0 Å². The molecule has 2 atom stereocenters. The molecule has 1 aromatic rings. The first-order valence-corrected chi connectivity index (χ1v) is 4.51. The third-order valence-electron chi connectivity index (χ3n) is 2.14. The van der Waals surface area contributed by atoms with Gasteiger partial charge in [-0.15, -0.1) is 0 Å². The van der Waals surface area contributed by atoms with Crippen molar-refractivity contribution in [2.45, 2.75) is 25.5 Å². The van der Waals surface area contributed by atoms with Crippen LogP contribution in [-0.4, -0.2) is 21.4 Å². The highest BCUT2D eigenvalue weighted by molar-refractivity contribution is 5.38. The number of aromatic hydroxyl groups is 2. The van der Waals surface area contributed by atoms with Gasteiger partial charge in [0.1, 0.15) is 11.5 Å². The molecule has 0 fully saturated rings. The number of aliphatic hydroxyl groups is 1. The summed E-state index contributed by atoms with van der Waals surface area (Å²) in [5.41, 5.74) is 6.24. The van der Waals surface area contributed by atoms with Gasteiger partial charge in [-0.25, -0.2) is 0 Å². The zero-order valence-corrected chi connectivity index (χ0v) is 8.01. The Morgan fingerprint density at radius 1 is 1.21 bits per heavy atom. The Balaban J connectivity index is 2.94. The molecule has 0 aliphatic rings. The maximum atomic E-state index is 9.47. The Morgan fingerprint density at radius 3 is 2.14 bits per heavy atom. The van der Waals surface area contributed by atoms with Crippen molar-refractivity contribution >= 4 is 0 Å². The summed E-state index contributed by atoms with van der Waals surface area (Å²) in [7, 11) is 0. The molecule has 0 saturated carbocycles. The van der Waals surface area contributed by atoms with Gasteiger partial charge in [0.05, 0.1) is 12.1 Å². The van der Waals surface area contributed by atoms with Gasteiger partial charge in [-0.05, 0) is 24.1 Å². The van der Waals surface area contributed by atoms with Crippen LogP contribution in [0.2, 0.25) is 0 Å². The zero-order chi connectivity index (χ0) is 10.7. The molecule has 14 heavy (non-hydrogen) atoms. The van der Waals surface area contributed by atoms with Crippen LogP contribution in [0.25, 0.3) is 0 Å². The van der Waals surface area contributed by atoms with Crippen molar-refractivity contribution in [3.63, 3.8) is 0 Å². The van der Waals surface area contributed by atoms with E-state index in [2.05, 4.69) is 0 Å². The van der Waals surface area contributed by atoms with Crippen molar-refractivity contribution in [2.24, 2.45) is 5.73 Å². The molecule has 0 radical (unpaired) electrons. The molecule has 0 spiro atoms. The second kappa shape index (κ2) is 4.30. The maximum Gasteiger partial charge on any atom is 0.119 e. The summed E-state index contributed by atoms with van der Waals surface area (Å²) in [6, 6.07) is 3.50. The third kappa shape index (κ3) is 2.37. The normalized spacial score (nSPS) is 15.1. The molecule has 78 valence electrons. The van der Waals surface area contributed by atoms with E-state index in [0.717, 1.165) is 0 Å². The quantitative estimate of drug-likeness (QED) is 0.579. The molecule has 0 aromatic heterocycles. The SMILES string of the molecule is CC[C@@H](O)[C@@H](N)c1cc(O)cc(O)c1. The topological polar surface area (TPSA) is 86.7 Å². The molecule has 4 nitrogen and oxygen atoms in total. The number of hydrogen-bond donors (Lipinski definition) is 4. The predicted molar refractivity (Wildman–Crippen MR) is 53.0 cm³/mol. The van der Waals surface area contributed by atoms with Crippen LogP contribution >= 0.6 is 0 Å². The Morgan fingerprint density at radius 2 is 1.71 bits per heavy atom. The van der Waals surface area contributed by atoms with E-state index >= 15 is 0 Å². The minimum absolute atomic E-state index is 0.0567. The number of rotatable bonds is 3. The van der Waals surface area contributed by atoms with Crippen LogP contribution < -0.4 is 5.73 Å². The monoisotopic (exact) mass is 197 g/mol. The number of nitrogens with two attached hydrogens (primary N) is 1. The van der Waals surface area contributed by atoms with Crippen LogP contribution in [0.3, 0.4) is 0 Å². The van der Waals surface area contributed by atoms with Crippen LogP contribution in [-0.2, 0) is 0 Å². The first-order chi connectivity index (χ1) is 6.54. The third-order valence-corrected chi connectivity index (χ3v) is 2.14. The minimum Gasteiger partial charge on any atom is -0.508 e. The summed E-state index contributed by atoms with van der Waals surface area (Å²) in [5, 5.41) is 27.9. The lowest BCUT2D eigenvalue weighted by atomic mass is 10.0. The molecular formula is C10H15NO3. The molecule has 0 heterocycles. The highest BCUT2D eigenvalue weighted by Gasteiger charge is 2.15. The van der Waals surface area contributed by atoms with E-state index in [9.17, 15) is 15.3 Å². The average Bonchev–Trinajstić information content (AvgIpc) is 2.14. The number of phenolic OH excluding ortho intramolecular Hbond substituents is 2. The minimum atomic E-state index is -0.670.